The van der Waals surface area contributed by atoms with Crippen molar-refractivity contribution in [2.45, 2.75) is 45.1 Å². The van der Waals surface area contributed by atoms with Crippen molar-refractivity contribution >= 4 is 41.1 Å². The minimum atomic E-state index is -1.23. The van der Waals surface area contributed by atoms with Gasteiger partial charge < -0.3 is 15.2 Å². The lowest BCUT2D eigenvalue weighted by molar-refractivity contribution is -0.119. The lowest BCUT2D eigenvalue weighted by atomic mass is 9.95. The summed E-state index contributed by atoms with van der Waals surface area (Å²) in [6.45, 7) is 1.74. The van der Waals surface area contributed by atoms with E-state index in [1.54, 1.807) is 31.2 Å². The van der Waals surface area contributed by atoms with Crippen molar-refractivity contribution in [2.75, 3.05) is 24.3 Å². The number of anilines is 2. The van der Waals surface area contributed by atoms with Gasteiger partial charge in [-0.15, -0.1) is 0 Å². The Hall–Kier alpha value is -4.32. The van der Waals surface area contributed by atoms with E-state index in [4.69, 9.17) is 11.6 Å². The van der Waals surface area contributed by atoms with Crippen molar-refractivity contribution in [3.05, 3.63) is 70.5 Å². The number of nitrogens with one attached hydrogen (secondary N) is 2. The fourth-order valence-electron chi connectivity index (χ4n) is 4.92. The average molecular weight is 602 g/mol. The minimum absolute atomic E-state index is 0.0352. The highest BCUT2D eigenvalue weighted by molar-refractivity contribution is 6.30. The van der Waals surface area contributed by atoms with E-state index >= 15 is 0 Å². The van der Waals surface area contributed by atoms with Gasteiger partial charge in [0, 0.05) is 34.8 Å². The summed E-state index contributed by atoms with van der Waals surface area (Å²) >= 11 is 5.81. The molecule has 2 aromatic carbocycles. The Morgan fingerprint density at radius 1 is 1.21 bits per heavy atom. The average Bonchev–Trinajstić information content (AvgIpc) is 2.97. The molecule has 0 aliphatic carbocycles. The SMILES string of the molecule is COC(=O)Nc1ccc2c(c1)NC(=O)C(C)CCC[C@H](N(CCCc1c(F)ccc(Cl)c1F)C(=O)O)c1cc-2cnn1. The highest BCUT2D eigenvalue weighted by Crippen LogP contribution is 2.35. The molecule has 3 amide bonds. The molecule has 0 saturated heterocycles. The van der Waals surface area contributed by atoms with Gasteiger partial charge in [-0.25, -0.2) is 18.4 Å². The second kappa shape index (κ2) is 13.6. The molecule has 2 heterocycles. The van der Waals surface area contributed by atoms with Gasteiger partial charge in [-0.2, -0.15) is 10.2 Å². The van der Waals surface area contributed by atoms with Crippen LogP contribution in [-0.4, -0.2) is 52.0 Å². The number of ether oxygens (including phenoxy) is 1. The van der Waals surface area contributed by atoms with Crippen LogP contribution in [0.2, 0.25) is 5.02 Å². The first-order valence-electron chi connectivity index (χ1n) is 13.3. The van der Waals surface area contributed by atoms with Crippen molar-refractivity contribution in [3.63, 3.8) is 0 Å². The highest BCUT2D eigenvalue weighted by Gasteiger charge is 2.28. The third kappa shape index (κ3) is 7.11. The third-order valence-corrected chi connectivity index (χ3v) is 7.48. The summed E-state index contributed by atoms with van der Waals surface area (Å²) in [6, 6.07) is 8.09. The van der Waals surface area contributed by atoms with Crippen LogP contribution >= 0.6 is 11.6 Å². The molecule has 0 saturated carbocycles. The van der Waals surface area contributed by atoms with Gasteiger partial charge in [0.1, 0.15) is 11.6 Å². The lowest BCUT2D eigenvalue weighted by Crippen LogP contribution is -2.35. The molecule has 0 fully saturated rings. The van der Waals surface area contributed by atoms with Crippen LogP contribution in [0.25, 0.3) is 11.1 Å². The monoisotopic (exact) mass is 601 g/mol. The molecule has 3 N–H and O–H groups in total. The highest BCUT2D eigenvalue weighted by atomic mass is 35.5. The summed E-state index contributed by atoms with van der Waals surface area (Å²) in [5.41, 5.74) is 2.13. The Bertz CT molecular complexity index is 1490. The zero-order valence-corrected chi connectivity index (χ0v) is 23.8. The number of hydrogen-bond donors (Lipinski definition) is 3. The van der Waals surface area contributed by atoms with E-state index < -0.39 is 35.8 Å². The zero-order valence-electron chi connectivity index (χ0n) is 23.0. The van der Waals surface area contributed by atoms with Gasteiger partial charge in [0.2, 0.25) is 5.91 Å². The molecule has 3 aromatic rings. The summed E-state index contributed by atoms with van der Waals surface area (Å²) in [6.07, 6.45) is 0.944. The molecule has 13 heteroatoms. The summed E-state index contributed by atoms with van der Waals surface area (Å²) < 4.78 is 33.3. The number of fused-ring (bicyclic) bond motifs is 4. The van der Waals surface area contributed by atoms with Crippen LogP contribution in [-0.2, 0) is 16.0 Å². The topological polar surface area (TPSA) is 134 Å². The quantitative estimate of drug-likeness (QED) is 0.269. The van der Waals surface area contributed by atoms with Crippen LogP contribution in [0, 0.1) is 17.6 Å². The Kier molecular flexibility index (Phi) is 9.89. The van der Waals surface area contributed by atoms with Crippen molar-refractivity contribution < 1.29 is 33.0 Å². The van der Waals surface area contributed by atoms with E-state index in [1.807, 2.05) is 0 Å². The Morgan fingerprint density at radius 2 is 2.00 bits per heavy atom. The van der Waals surface area contributed by atoms with E-state index in [0.717, 1.165) is 12.1 Å². The first-order chi connectivity index (χ1) is 20.1. The predicted molar refractivity (Wildman–Crippen MR) is 152 cm³/mol. The van der Waals surface area contributed by atoms with E-state index in [0.29, 0.717) is 47.5 Å². The van der Waals surface area contributed by atoms with Crippen LogP contribution in [0.4, 0.5) is 29.7 Å². The van der Waals surface area contributed by atoms with Crippen LogP contribution < -0.4 is 10.6 Å². The van der Waals surface area contributed by atoms with Gasteiger partial charge in [-0.05, 0) is 56.0 Å². The summed E-state index contributed by atoms with van der Waals surface area (Å²) in [5.74, 6) is -2.27. The van der Waals surface area contributed by atoms with Crippen LogP contribution in [0.3, 0.4) is 0 Å². The Morgan fingerprint density at radius 3 is 2.74 bits per heavy atom. The number of amides is 3. The van der Waals surface area contributed by atoms with Crippen LogP contribution in [0.1, 0.15) is 49.9 Å². The van der Waals surface area contributed by atoms with Crippen LogP contribution in [0.15, 0.2) is 42.6 Å². The number of methoxy groups -OCH3 is 1. The fraction of sp³-hybridized carbons (Fsp3) is 0.345. The zero-order chi connectivity index (χ0) is 30.4. The number of benzene rings is 2. The summed E-state index contributed by atoms with van der Waals surface area (Å²) in [5, 5.41) is 23.8. The first kappa shape index (κ1) is 30.6. The van der Waals surface area contributed by atoms with E-state index in [1.165, 1.54) is 18.2 Å². The molecule has 1 unspecified atom stereocenters. The van der Waals surface area contributed by atoms with Crippen molar-refractivity contribution in [1.29, 1.82) is 0 Å². The molecule has 1 aliphatic heterocycles. The van der Waals surface area contributed by atoms with Gasteiger partial charge in [0.05, 0.1) is 35.8 Å². The van der Waals surface area contributed by atoms with Gasteiger partial charge in [-0.1, -0.05) is 31.0 Å². The first-order valence-corrected chi connectivity index (χ1v) is 13.7. The van der Waals surface area contributed by atoms with E-state index in [-0.39, 0.29) is 35.9 Å². The molecule has 222 valence electrons. The predicted octanol–water partition coefficient (Wildman–Crippen LogP) is 6.67. The number of aromatic nitrogens is 2. The summed E-state index contributed by atoms with van der Waals surface area (Å²) in [7, 11) is 1.24. The number of carbonyl (C=O) groups is 3. The third-order valence-electron chi connectivity index (χ3n) is 7.18. The molecule has 4 rings (SSSR count). The lowest BCUT2D eigenvalue weighted by Gasteiger charge is -2.30. The van der Waals surface area contributed by atoms with Crippen LogP contribution in [0.5, 0.6) is 0 Å². The van der Waals surface area contributed by atoms with Crippen molar-refractivity contribution in [3.8, 4) is 11.1 Å². The molecule has 0 spiro atoms. The molecular weight excluding hydrogens is 572 g/mol. The normalized spacial score (nSPS) is 16.7. The number of rotatable bonds is 6. The maximum Gasteiger partial charge on any atom is 0.411 e. The largest absolute Gasteiger partial charge is 0.465 e. The Labute approximate surface area is 246 Å². The number of hydrogen-bond acceptors (Lipinski definition) is 6. The number of carboxylic acid groups (broad SMARTS) is 1. The maximum absolute atomic E-state index is 14.4. The van der Waals surface area contributed by atoms with Gasteiger partial charge in [0.25, 0.3) is 0 Å². The van der Waals surface area contributed by atoms with Gasteiger partial charge >= 0.3 is 12.2 Å². The molecule has 2 atom stereocenters. The summed E-state index contributed by atoms with van der Waals surface area (Å²) in [4.78, 5) is 38.5. The smallest absolute Gasteiger partial charge is 0.411 e. The molecule has 2 bridgehead atoms. The molecule has 1 aromatic heterocycles. The minimum Gasteiger partial charge on any atom is -0.465 e. The number of nitrogens with zero attached hydrogens (tertiary/aromatic N) is 3. The molecular formula is C29H30ClF2N5O5. The van der Waals surface area contributed by atoms with Gasteiger partial charge in [0.15, 0.2) is 0 Å². The maximum atomic E-state index is 14.4. The molecule has 42 heavy (non-hydrogen) atoms. The van der Waals surface area contributed by atoms with Gasteiger partial charge in [-0.3, -0.25) is 15.0 Å². The van der Waals surface area contributed by atoms with Crippen molar-refractivity contribution in [1.82, 2.24) is 15.1 Å². The molecule has 1 aliphatic rings. The van der Waals surface area contributed by atoms with Crippen molar-refractivity contribution in [2.24, 2.45) is 5.92 Å². The number of carbonyl (C=O) groups excluding carboxylic acids is 2. The number of halogens is 3. The Balaban J connectivity index is 1.68. The standard InChI is InChI=1S/C29H30ClF2N5O5/c1-16-5-3-7-25(37(29(40)41)12-4-6-20-22(31)11-10-21(30)26(20)32)24-13-17(15-33-36-24)19-9-8-18(34-28(39)42-2)14-23(19)35-27(16)38/h8-11,13-16,25H,3-7,12H2,1-2H3,(H,34,39)(H,35,38)(H,40,41)/t16?,25-/m0/s1. The molecule has 10 nitrogen and oxygen atoms in total. The van der Waals surface area contributed by atoms with E-state index in [9.17, 15) is 28.3 Å². The van der Waals surface area contributed by atoms with E-state index in [2.05, 4.69) is 25.6 Å². The fourth-order valence-corrected chi connectivity index (χ4v) is 5.09. The second-order valence-corrected chi connectivity index (χ2v) is 10.4. The second-order valence-electron chi connectivity index (χ2n) is 9.98. The molecule has 0 radical (unpaired) electrons.